The summed E-state index contributed by atoms with van der Waals surface area (Å²) in [6.45, 7) is 6.43. The molecule has 0 saturated carbocycles. The van der Waals surface area contributed by atoms with Crippen LogP contribution in [0.5, 0.6) is 0 Å². The number of nitrogens with one attached hydrogen (secondary N) is 1. The number of hydrogen-bond acceptors (Lipinski definition) is 1. The largest absolute Gasteiger partial charge is 0.348 e. The van der Waals surface area contributed by atoms with E-state index in [4.69, 9.17) is 0 Å². The molecule has 0 aliphatic carbocycles. The molecule has 0 fully saturated rings. The van der Waals surface area contributed by atoms with Gasteiger partial charge < -0.3 is 9.88 Å². The summed E-state index contributed by atoms with van der Waals surface area (Å²) in [5.41, 5.74) is 2.82. The lowest BCUT2D eigenvalue weighted by Crippen LogP contribution is -2.11. The van der Waals surface area contributed by atoms with Crippen LogP contribution in [0.2, 0.25) is 0 Å². The summed E-state index contributed by atoms with van der Waals surface area (Å²) >= 11 is 0. The average Bonchev–Trinajstić information content (AvgIpc) is 2.47. The van der Waals surface area contributed by atoms with Gasteiger partial charge in [-0.2, -0.15) is 0 Å². The Morgan fingerprint density at radius 2 is 1.92 bits per heavy atom. The van der Waals surface area contributed by atoms with Gasteiger partial charge >= 0.3 is 0 Å². The van der Waals surface area contributed by atoms with Gasteiger partial charge in [0.05, 0.1) is 0 Å². The molecule has 0 amide bonds. The molecular weight excluding hydrogens is 148 g/mol. The van der Waals surface area contributed by atoms with E-state index in [9.17, 15) is 0 Å². The highest BCUT2D eigenvalue weighted by molar-refractivity contribution is 5.16. The van der Waals surface area contributed by atoms with Gasteiger partial charge in [0, 0.05) is 24.5 Å². The Morgan fingerprint density at radius 3 is 2.42 bits per heavy atom. The third-order valence-electron chi connectivity index (χ3n) is 2.20. The maximum Gasteiger partial charge on any atom is 0.0357 e. The molecular formula is C10H18N2. The predicted molar refractivity (Wildman–Crippen MR) is 52.2 cm³/mol. The molecule has 1 heterocycles. The van der Waals surface area contributed by atoms with Gasteiger partial charge in [0.15, 0.2) is 0 Å². The third kappa shape index (κ3) is 1.69. The van der Waals surface area contributed by atoms with Crippen LogP contribution in [-0.4, -0.2) is 11.6 Å². The Labute approximate surface area is 74.6 Å². The topological polar surface area (TPSA) is 17.0 Å². The molecule has 0 bridgehead atoms. The monoisotopic (exact) mass is 166 g/mol. The molecule has 0 radical (unpaired) electrons. The Bertz CT molecular complexity index is 238. The van der Waals surface area contributed by atoms with E-state index in [-0.39, 0.29) is 0 Å². The van der Waals surface area contributed by atoms with Crippen molar-refractivity contribution in [2.24, 2.45) is 0 Å². The summed E-state index contributed by atoms with van der Waals surface area (Å²) in [5.74, 6) is 0. The molecule has 1 rings (SSSR count). The van der Waals surface area contributed by atoms with Crippen molar-refractivity contribution in [1.82, 2.24) is 9.88 Å². The Morgan fingerprint density at radius 1 is 1.25 bits per heavy atom. The molecule has 68 valence electrons. The van der Waals surface area contributed by atoms with Crippen LogP contribution in [0, 0.1) is 0 Å². The van der Waals surface area contributed by atoms with E-state index in [1.54, 1.807) is 0 Å². The second-order valence-corrected chi connectivity index (χ2v) is 2.94. The first kappa shape index (κ1) is 9.33. The quantitative estimate of drug-likeness (QED) is 0.721. The van der Waals surface area contributed by atoms with Gasteiger partial charge in [0.2, 0.25) is 0 Å². The molecule has 1 N–H and O–H groups in total. The van der Waals surface area contributed by atoms with Crippen molar-refractivity contribution >= 4 is 0 Å². The number of aromatic nitrogens is 1. The Kier molecular flexibility index (Phi) is 3.35. The molecule has 0 atom stereocenters. The minimum absolute atomic E-state index is 0.966. The van der Waals surface area contributed by atoms with Crippen LogP contribution in [0.4, 0.5) is 0 Å². The highest BCUT2D eigenvalue weighted by Gasteiger charge is 2.02. The van der Waals surface area contributed by atoms with Crippen LogP contribution in [0.25, 0.3) is 0 Å². The SMILES string of the molecule is CCc1ccc(CNC)n1CC. The van der Waals surface area contributed by atoms with E-state index >= 15 is 0 Å². The van der Waals surface area contributed by atoms with Gasteiger partial charge in [0.1, 0.15) is 0 Å². The van der Waals surface area contributed by atoms with Gasteiger partial charge in [-0.05, 0) is 32.5 Å². The van der Waals surface area contributed by atoms with Crippen molar-refractivity contribution < 1.29 is 0 Å². The van der Waals surface area contributed by atoms with E-state index in [1.165, 1.54) is 11.4 Å². The molecule has 0 spiro atoms. The maximum absolute atomic E-state index is 3.18. The summed E-state index contributed by atoms with van der Waals surface area (Å²) in [5, 5.41) is 3.18. The highest BCUT2D eigenvalue weighted by Crippen LogP contribution is 2.09. The first-order valence-corrected chi connectivity index (χ1v) is 4.65. The Balaban J connectivity index is 2.88. The standard InChI is InChI=1S/C10H18N2/c1-4-9-6-7-10(8-11-3)12(9)5-2/h6-7,11H,4-5,8H2,1-3H3. The fourth-order valence-corrected chi connectivity index (χ4v) is 1.61. The van der Waals surface area contributed by atoms with Crippen LogP contribution in [-0.2, 0) is 19.5 Å². The molecule has 2 nitrogen and oxygen atoms in total. The van der Waals surface area contributed by atoms with Gasteiger partial charge in [0.25, 0.3) is 0 Å². The summed E-state index contributed by atoms with van der Waals surface area (Å²) in [6, 6.07) is 4.43. The average molecular weight is 166 g/mol. The van der Waals surface area contributed by atoms with Crippen molar-refractivity contribution in [2.75, 3.05) is 7.05 Å². The van der Waals surface area contributed by atoms with E-state index in [2.05, 4.69) is 35.9 Å². The number of aryl methyl sites for hydroxylation is 1. The van der Waals surface area contributed by atoms with Crippen molar-refractivity contribution in [3.63, 3.8) is 0 Å². The summed E-state index contributed by atoms with van der Waals surface area (Å²) in [7, 11) is 1.98. The zero-order valence-electron chi connectivity index (χ0n) is 8.22. The Hall–Kier alpha value is -0.760. The molecule has 1 aromatic rings. The molecule has 2 heteroatoms. The molecule has 0 aliphatic heterocycles. The van der Waals surface area contributed by atoms with Crippen molar-refractivity contribution in [1.29, 1.82) is 0 Å². The summed E-state index contributed by atoms with van der Waals surface area (Å²) in [4.78, 5) is 0. The van der Waals surface area contributed by atoms with Crippen LogP contribution in [0.15, 0.2) is 12.1 Å². The fraction of sp³-hybridized carbons (Fsp3) is 0.600. The zero-order valence-corrected chi connectivity index (χ0v) is 8.22. The fourth-order valence-electron chi connectivity index (χ4n) is 1.61. The van der Waals surface area contributed by atoms with Crippen LogP contribution < -0.4 is 5.32 Å². The molecule has 0 saturated heterocycles. The molecule has 0 aromatic carbocycles. The molecule has 0 unspecified atom stereocenters. The van der Waals surface area contributed by atoms with Crippen LogP contribution in [0.3, 0.4) is 0 Å². The molecule has 1 aromatic heterocycles. The minimum Gasteiger partial charge on any atom is -0.348 e. The van der Waals surface area contributed by atoms with E-state index < -0.39 is 0 Å². The summed E-state index contributed by atoms with van der Waals surface area (Å²) < 4.78 is 2.37. The van der Waals surface area contributed by atoms with E-state index in [1.807, 2.05) is 7.05 Å². The normalized spacial score (nSPS) is 10.6. The minimum atomic E-state index is 0.966. The van der Waals surface area contributed by atoms with Crippen LogP contribution in [0.1, 0.15) is 25.2 Å². The highest BCUT2D eigenvalue weighted by atomic mass is 15.0. The second-order valence-electron chi connectivity index (χ2n) is 2.94. The van der Waals surface area contributed by atoms with E-state index in [0.717, 1.165) is 19.5 Å². The van der Waals surface area contributed by atoms with Gasteiger partial charge in [-0.3, -0.25) is 0 Å². The predicted octanol–water partition coefficient (Wildman–Crippen LogP) is 1.79. The molecule has 0 aliphatic rings. The smallest absolute Gasteiger partial charge is 0.0357 e. The second kappa shape index (κ2) is 4.31. The first-order valence-electron chi connectivity index (χ1n) is 4.65. The lowest BCUT2D eigenvalue weighted by Gasteiger charge is -2.09. The lowest BCUT2D eigenvalue weighted by atomic mass is 10.3. The van der Waals surface area contributed by atoms with Gasteiger partial charge in [-0.15, -0.1) is 0 Å². The lowest BCUT2D eigenvalue weighted by molar-refractivity contribution is 0.650. The summed E-state index contributed by atoms with van der Waals surface area (Å²) in [6.07, 6.45) is 1.12. The van der Waals surface area contributed by atoms with Crippen molar-refractivity contribution in [3.05, 3.63) is 23.5 Å². The van der Waals surface area contributed by atoms with Gasteiger partial charge in [-0.1, -0.05) is 6.92 Å². The third-order valence-corrected chi connectivity index (χ3v) is 2.20. The zero-order chi connectivity index (χ0) is 8.97. The van der Waals surface area contributed by atoms with Crippen LogP contribution >= 0.6 is 0 Å². The van der Waals surface area contributed by atoms with Crippen molar-refractivity contribution in [2.45, 2.75) is 33.4 Å². The number of rotatable bonds is 4. The van der Waals surface area contributed by atoms with Crippen molar-refractivity contribution in [3.8, 4) is 0 Å². The molecule has 12 heavy (non-hydrogen) atoms. The number of hydrogen-bond donors (Lipinski definition) is 1. The maximum atomic E-state index is 3.18. The van der Waals surface area contributed by atoms with E-state index in [0.29, 0.717) is 0 Å². The number of nitrogens with zero attached hydrogens (tertiary/aromatic N) is 1. The van der Waals surface area contributed by atoms with Gasteiger partial charge in [-0.25, -0.2) is 0 Å². The first-order chi connectivity index (χ1) is 5.83.